The smallest absolute Gasteiger partial charge is 0.389 e. The molecular weight excluding hydrogens is 337 g/mol. The average Bonchev–Trinajstić information content (AvgIpc) is 2.50. The molecule has 24 heavy (non-hydrogen) atoms. The first-order valence-corrected chi connectivity index (χ1v) is 8.78. The number of aliphatic hydroxyl groups excluding tert-OH is 1. The molecule has 1 atom stereocenters. The number of thioether (sulfide) groups is 1. The van der Waals surface area contributed by atoms with Gasteiger partial charge < -0.3 is 5.11 Å². The molecule has 0 radical (unpaired) electrons. The summed E-state index contributed by atoms with van der Waals surface area (Å²) in [5.74, 6) is 0.523. The average molecular weight is 360 g/mol. The van der Waals surface area contributed by atoms with Crippen LogP contribution in [0.25, 0.3) is 0 Å². The third-order valence-electron chi connectivity index (χ3n) is 3.35. The fourth-order valence-corrected chi connectivity index (χ4v) is 3.06. The highest BCUT2D eigenvalue weighted by Gasteiger charge is 2.34. The van der Waals surface area contributed by atoms with Crippen molar-refractivity contribution in [2.45, 2.75) is 58.6 Å². The van der Waals surface area contributed by atoms with E-state index in [1.807, 2.05) is 19.9 Å². The molecule has 1 N–H and O–H groups in total. The summed E-state index contributed by atoms with van der Waals surface area (Å²) in [6.45, 7) is 6.85. The number of aryl methyl sites for hydroxylation is 2. The molecule has 0 spiro atoms. The van der Waals surface area contributed by atoms with E-state index in [9.17, 15) is 18.3 Å². The van der Waals surface area contributed by atoms with Gasteiger partial charge in [-0.15, -0.1) is 11.8 Å². The van der Waals surface area contributed by atoms with Gasteiger partial charge in [0, 0.05) is 17.6 Å². The van der Waals surface area contributed by atoms with Crippen LogP contribution < -0.4 is 0 Å². The molecule has 0 aliphatic rings. The highest BCUT2D eigenvalue weighted by molar-refractivity contribution is 8.13. The monoisotopic (exact) mass is 360 g/mol. The first kappa shape index (κ1) is 20.7. The van der Waals surface area contributed by atoms with Crippen LogP contribution >= 0.6 is 11.8 Å². The molecule has 1 heterocycles. The first-order chi connectivity index (χ1) is 11.2. The maximum absolute atomic E-state index is 12.9. The van der Waals surface area contributed by atoms with Gasteiger partial charge >= 0.3 is 6.18 Å². The summed E-state index contributed by atoms with van der Waals surface area (Å²) in [5, 5.41) is 9.48. The highest BCUT2D eigenvalue weighted by Crippen LogP contribution is 2.29. The van der Waals surface area contributed by atoms with E-state index in [2.05, 4.69) is 9.98 Å². The van der Waals surface area contributed by atoms with Gasteiger partial charge in [-0.3, -0.25) is 4.98 Å². The van der Waals surface area contributed by atoms with E-state index >= 15 is 0 Å². The van der Waals surface area contributed by atoms with E-state index in [-0.39, 0.29) is 0 Å². The number of halogens is 3. The fraction of sp³-hybridized carbons (Fsp3) is 0.529. The van der Waals surface area contributed by atoms with E-state index in [1.54, 1.807) is 13.1 Å². The molecule has 0 aromatic carbocycles. The number of nitrogens with zero attached hydrogens (tertiary/aromatic N) is 2. The van der Waals surface area contributed by atoms with Crippen molar-refractivity contribution in [2.24, 2.45) is 4.99 Å². The Morgan fingerprint density at radius 2 is 2.04 bits per heavy atom. The molecule has 1 unspecified atom stereocenters. The van der Waals surface area contributed by atoms with Crippen molar-refractivity contribution in [3.63, 3.8) is 0 Å². The normalized spacial score (nSPS) is 14.8. The minimum atomic E-state index is -4.59. The van der Waals surface area contributed by atoms with Gasteiger partial charge in [-0.1, -0.05) is 13.8 Å². The van der Waals surface area contributed by atoms with Crippen molar-refractivity contribution in [1.82, 2.24) is 4.98 Å². The molecule has 1 aromatic heterocycles. The summed E-state index contributed by atoms with van der Waals surface area (Å²) in [5.41, 5.74) is 2.11. The molecule has 0 aliphatic heterocycles. The zero-order valence-electron chi connectivity index (χ0n) is 14.3. The van der Waals surface area contributed by atoms with Gasteiger partial charge in [-0.2, -0.15) is 13.2 Å². The highest BCUT2D eigenvalue weighted by atomic mass is 32.2. The first-order valence-electron chi connectivity index (χ1n) is 7.79. The third-order valence-corrected chi connectivity index (χ3v) is 4.29. The molecule has 0 fully saturated rings. The summed E-state index contributed by atoms with van der Waals surface area (Å²) >= 11 is 1.25. The Morgan fingerprint density at radius 1 is 1.38 bits per heavy atom. The quantitative estimate of drug-likeness (QED) is 0.591. The van der Waals surface area contributed by atoms with Gasteiger partial charge in [0.1, 0.15) is 5.70 Å². The number of aliphatic hydroxyl groups is 1. The van der Waals surface area contributed by atoms with Gasteiger partial charge in [0.2, 0.25) is 0 Å². The number of hydrogen-bond acceptors (Lipinski definition) is 4. The number of aliphatic imine (C=N–C) groups is 1. The van der Waals surface area contributed by atoms with Gasteiger partial charge in [0.25, 0.3) is 0 Å². The summed E-state index contributed by atoms with van der Waals surface area (Å²) in [7, 11) is 0. The largest absolute Gasteiger partial charge is 0.433 e. The van der Waals surface area contributed by atoms with Crippen LogP contribution in [0.5, 0.6) is 0 Å². The Labute approximate surface area is 145 Å². The minimum Gasteiger partial charge on any atom is -0.389 e. The predicted octanol–water partition coefficient (Wildman–Crippen LogP) is 4.69. The van der Waals surface area contributed by atoms with Gasteiger partial charge in [-0.05, 0) is 50.0 Å². The molecular formula is C17H23F3N2OS. The second kappa shape index (κ2) is 9.22. The summed E-state index contributed by atoms with van der Waals surface area (Å²) in [6, 6.07) is 1.94. The zero-order chi connectivity index (χ0) is 18.3. The molecule has 0 bridgehead atoms. The number of allylic oxidation sites excluding steroid dienone is 1. The van der Waals surface area contributed by atoms with E-state index in [0.29, 0.717) is 16.9 Å². The van der Waals surface area contributed by atoms with E-state index < -0.39 is 18.0 Å². The number of rotatable bonds is 6. The number of hydrogen-bond donors (Lipinski definition) is 1. The Hall–Kier alpha value is -1.34. The van der Waals surface area contributed by atoms with Gasteiger partial charge in [0.05, 0.1) is 11.1 Å². The SMILES string of the molecule is CCc1ccnc(CC)c1CSC(C)=N/C(=C\C(C)O)C(F)(F)F. The van der Waals surface area contributed by atoms with Crippen molar-refractivity contribution >= 4 is 16.8 Å². The lowest BCUT2D eigenvalue weighted by atomic mass is 10.0. The third kappa shape index (κ3) is 6.28. The summed E-state index contributed by atoms with van der Waals surface area (Å²) in [6.07, 6.45) is -1.70. The second-order valence-electron chi connectivity index (χ2n) is 5.31. The molecule has 134 valence electrons. The van der Waals surface area contributed by atoms with Crippen molar-refractivity contribution in [2.75, 3.05) is 0 Å². The van der Waals surface area contributed by atoms with Crippen LogP contribution in [0.2, 0.25) is 0 Å². The number of pyridine rings is 1. The van der Waals surface area contributed by atoms with Crippen molar-refractivity contribution < 1.29 is 18.3 Å². The van der Waals surface area contributed by atoms with Crippen molar-refractivity contribution in [1.29, 1.82) is 0 Å². The van der Waals surface area contributed by atoms with E-state index in [4.69, 9.17) is 0 Å². The van der Waals surface area contributed by atoms with Gasteiger partial charge in [-0.25, -0.2) is 4.99 Å². The summed E-state index contributed by atoms with van der Waals surface area (Å²) in [4.78, 5) is 7.99. The summed E-state index contributed by atoms with van der Waals surface area (Å²) < 4.78 is 38.8. The number of aromatic nitrogens is 1. The second-order valence-corrected chi connectivity index (χ2v) is 6.48. The zero-order valence-corrected chi connectivity index (χ0v) is 15.1. The maximum atomic E-state index is 12.9. The van der Waals surface area contributed by atoms with Crippen LogP contribution in [0.15, 0.2) is 29.0 Å². The lowest BCUT2D eigenvalue weighted by Crippen LogP contribution is -2.13. The van der Waals surface area contributed by atoms with Gasteiger partial charge in [0.15, 0.2) is 0 Å². The van der Waals surface area contributed by atoms with Crippen molar-refractivity contribution in [3.8, 4) is 0 Å². The van der Waals surface area contributed by atoms with Crippen LogP contribution in [-0.4, -0.2) is 27.4 Å². The fourth-order valence-electron chi connectivity index (χ4n) is 2.20. The topological polar surface area (TPSA) is 45.5 Å². The maximum Gasteiger partial charge on any atom is 0.433 e. The molecule has 1 rings (SSSR count). The predicted molar refractivity (Wildman–Crippen MR) is 93.2 cm³/mol. The lowest BCUT2D eigenvalue weighted by Gasteiger charge is -2.13. The Kier molecular flexibility index (Phi) is 7.96. The molecule has 0 saturated heterocycles. The van der Waals surface area contributed by atoms with E-state index in [1.165, 1.54) is 18.7 Å². The molecule has 1 aromatic rings. The standard InChI is InChI=1S/C17H23F3N2OS/c1-5-13-7-8-21-15(6-2)14(13)10-24-12(4)22-16(9-11(3)23)17(18,19)20/h7-9,11,23H,5-6,10H2,1-4H3/b16-9-,22-12?. The molecule has 0 aliphatic carbocycles. The Morgan fingerprint density at radius 3 is 2.54 bits per heavy atom. The number of alkyl halides is 3. The molecule has 7 heteroatoms. The van der Waals surface area contributed by atoms with Crippen LogP contribution in [0, 0.1) is 0 Å². The minimum absolute atomic E-state index is 0.298. The van der Waals surface area contributed by atoms with E-state index in [0.717, 1.165) is 29.7 Å². The van der Waals surface area contributed by atoms with Crippen LogP contribution in [0.4, 0.5) is 13.2 Å². The Balaban J connectivity index is 2.98. The van der Waals surface area contributed by atoms with Crippen LogP contribution in [0.1, 0.15) is 44.5 Å². The Bertz CT molecular complexity index is 588. The molecule has 0 saturated carbocycles. The molecule has 3 nitrogen and oxygen atoms in total. The lowest BCUT2D eigenvalue weighted by molar-refractivity contribution is -0.0931. The van der Waals surface area contributed by atoms with Crippen LogP contribution in [-0.2, 0) is 18.6 Å². The van der Waals surface area contributed by atoms with Crippen molar-refractivity contribution in [3.05, 3.63) is 40.9 Å². The van der Waals surface area contributed by atoms with Crippen LogP contribution in [0.3, 0.4) is 0 Å². The molecule has 0 amide bonds.